The Morgan fingerprint density at radius 2 is 1.96 bits per heavy atom. The SMILES string of the molecule is CS(=O)(=O)c1cncc([N+]23C=CN=CC2=NC(Nc2ccc(CO)cc2)=N3)c1. The van der Waals surface area contributed by atoms with E-state index < -0.39 is 9.84 Å². The number of aromatic nitrogens is 1. The van der Waals surface area contributed by atoms with Gasteiger partial charge in [0, 0.05) is 24.2 Å². The van der Waals surface area contributed by atoms with Crippen molar-refractivity contribution in [1.82, 2.24) is 9.58 Å². The summed E-state index contributed by atoms with van der Waals surface area (Å²) in [6, 6.07) is 8.74. The van der Waals surface area contributed by atoms with Gasteiger partial charge in [0.2, 0.25) is 0 Å². The second-order valence-electron chi connectivity index (χ2n) is 6.29. The highest BCUT2D eigenvalue weighted by Gasteiger charge is 2.43. The molecular weight excluding hydrogens is 380 g/mol. The molecule has 2 aromatic rings. The van der Waals surface area contributed by atoms with E-state index in [9.17, 15) is 8.42 Å². The Hall–Kier alpha value is -3.21. The first kappa shape index (κ1) is 18.2. The lowest BCUT2D eigenvalue weighted by Crippen LogP contribution is -2.44. The number of nitrogens with one attached hydrogen (secondary N) is 1. The van der Waals surface area contributed by atoms with Crippen molar-refractivity contribution >= 4 is 39.2 Å². The summed E-state index contributed by atoms with van der Waals surface area (Å²) >= 11 is 0. The van der Waals surface area contributed by atoms with Crippen molar-refractivity contribution in [3.63, 3.8) is 0 Å². The van der Waals surface area contributed by atoms with Crippen LogP contribution in [0.1, 0.15) is 5.56 Å². The Labute approximate surface area is 161 Å². The number of hydrogen-bond acceptors (Lipinski definition) is 8. The number of guanidine groups is 1. The van der Waals surface area contributed by atoms with Gasteiger partial charge in [-0.2, -0.15) is 4.99 Å². The van der Waals surface area contributed by atoms with Gasteiger partial charge in [-0.25, -0.2) is 8.42 Å². The molecule has 10 heteroatoms. The van der Waals surface area contributed by atoms with Crippen LogP contribution >= 0.6 is 0 Å². The Balaban J connectivity index is 1.74. The number of amidine groups is 1. The van der Waals surface area contributed by atoms with Crippen LogP contribution < -0.4 is 9.91 Å². The number of anilines is 1. The molecule has 0 saturated carbocycles. The number of sulfone groups is 1. The van der Waals surface area contributed by atoms with Crippen molar-refractivity contribution in [2.24, 2.45) is 15.1 Å². The lowest BCUT2D eigenvalue weighted by Gasteiger charge is -2.23. The number of hydrogen-bond donors (Lipinski definition) is 2. The molecule has 2 N–H and O–H groups in total. The molecule has 0 radical (unpaired) electrons. The maximum Gasteiger partial charge on any atom is 0.287 e. The second-order valence-corrected chi connectivity index (χ2v) is 8.30. The summed E-state index contributed by atoms with van der Waals surface area (Å²) in [6.45, 7) is -0.0333. The van der Waals surface area contributed by atoms with Gasteiger partial charge in [-0.05, 0) is 22.8 Å². The zero-order valence-corrected chi connectivity index (χ0v) is 15.7. The van der Waals surface area contributed by atoms with Crippen LogP contribution in [-0.2, 0) is 16.4 Å². The first-order valence-electron chi connectivity index (χ1n) is 8.32. The smallest absolute Gasteiger partial charge is 0.287 e. The van der Waals surface area contributed by atoms with E-state index in [4.69, 9.17) is 5.11 Å². The fraction of sp³-hybridized carbons (Fsp3) is 0.111. The fourth-order valence-corrected chi connectivity index (χ4v) is 3.41. The van der Waals surface area contributed by atoms with Crippen molar-refractivity contribution in [3.8, 4) is 0 Å². The van der Waals surface area contributed by atoms with E-state index in [1.54, 1.807) is 36.9 Å². The van der Waals surface area contributed by atoms with Crippen molar-refractivity contribution in [3.05, 3.63) is 60.7 Å². The topological polar surface area (TPSA) is 116 Å². The zero-order chi connectivity index (χ0) is 19.8. The molecule has 9 nitrogen and oxygen atoms in total. The van der Waals surface area contributed by atoms with E-state index in [0.717, 1.165) is 17.5 Å². The Morgan fingerprint density at radius 3 is 2.68 bits per heavy atom. The van der Waals surface area contributed by atoms with Gasteiger partial charge in [0.05, 0.1) is 23.9 Å². The van der Waals surface area contributed by atoms with Crippen LogP contribution in [0.3, 0.4) is 0 Å². The molecule has 0 fully saturated rings. The maximum atomic E-state index is 11.9. The van der Waals surface area contributed by atoms with Crippen molar-refractivity contribution in [1.29, 1.82) is 0 Å². The largest absolute Gasteiger partial charge is 0.392 e. The molecule has 28 heavy (non-hydrogen) atoms. The van der Waals surface area contributed by atoms with E-state index in [0.29, 0.717) is 17.5 Å². The highest BCUT2D eigenvalue weighted by molar-refractivity contribution is 7.90. The molecule has 4 rings (SSSR count). The molecule has 1 aromatic heterocycles. The third-order valence-electron chi connectivity index (χ3n) is 4.29. The lowest BCUT2D eigenvalue weighted by molar-refractivity contribution is 0.282. The van der Waals surface area contributed by atoms with Crippen LogP contribution in [0.4, 0.5) is 11.4 Å². The van der Waals surface area contributed by atoms with Crippen LogP contribution in [0, 0.1) is 0 Å². The molecule has 1 unspecified atom stereocenters. The molecule has 0 bridgehead atoms. The summed E-state index contributed by atoms with van der Waals surface area (Å²) in [4.78, 5) is 12.8. The Kier molecular flexibility index (Phi) is 4.38. The number of pyridine rings is 1. The molecule has 0 aliphatic carbocycles. The van der Waals surface area contributed by atoms with Gasteiger partial charge in [0.1, 0.15) is 6.21 Å². The molecule has 3 heterocycles. The van der Waals surface area contributed by atoms with Gasteiger partial charge in [-0.15, -0.1) is 0 Å². The van der Waals surface area contributed by atoms with Crippen molar-refractivity contribution in [2.75, 3.05) is 11.6 Å². The molecule has 1 aromatic carbocycles. The highest BCUT2D eigenvalue weighted by Crippen LogP contribution is 2.31. The predicted octanol–water partition coefficient (Wildman–Crippen LogP) is 1.64. The summed E-state index contributed by atoms with van der Waals surface area (Å²) in [5, 5.41) is 16.9. The van der Waals surface area contributed by atoms with Crippen molar-refractivity contribution in [2.45, 2.75) is 11.5 Å². The van der Waals surface area contributed by atoms with Crippen LogP contribution in [0.25, 0.3) is 0 Å². The van der Waals surface area contributed by atoms with Gasteiger partial charge >= 0.3 is 0 Å². The molecule has 2 aliphatic heterocycles. The third kappa shape index (κ3) is 3.24. The molecule has 2 aliphatic rings. The Bertz CT molecular complexity index is 1150. The van der Waals surface area contributed by atoms with E-state index in [1.165, 1.54) is 12.3 Å². The minimum Gasteiger partial charge on any atom is -0.392 e. The maximum absolute atomic E-state index is 11.9. The van der Waals surface area contributed by atoms with Crippen molar-refractivity contribution < 1.29 is 13.5 Å². The quantitative estimate of drug-likeness (QED) is 0.761. The monoisotopic (exact) mass is 397 g/mol. The number of quaternary nitrogens is 1. The number of aliphatic hydroxyl groups excluding tert-OH is 1. The summed E-state index contributed by atoms with van der Waals surface area (Å²) in [7, 11) is -3.42. The lowest BCUT2D eigenvalue weighted by atomic mass is 10.2. The highest BCUT2D eigenvalue weighted by atomic mass is 32.2. The van der Waals surface area contributed by atoms with Crippen LogP contribution in [0.5, 0.6) is 0 Å². The van der Waals surface area contributed by atoms with E-state index in [-0.39, 0.29) is 16.1 Å². The van der Waals surface area contributed by atoms with Gasteiger partial charge in [0.25, 0.3) is 11.8 Å². The van der Waals surface area contributed by atoms with Crippen LogP contribution in [-0.4, -0.2) is 42.8 Å². The average Bonchev–Trinajstić information content (AvgIpc) is 3.07. The van der Waals surface area contributed by atoms with Crippen LogP contribution in [0.15, 0.2) is 75.1 Å². The summed E-state index contributed by atoms with van der Waals surface area (Å²) in [5.41, 5.74) is 2.07. The molecule has 0 amide bonds. The Morgan fingerprint density at radius 1 is 1.18 bits per heavy atom. The first-order valence-corrected chi connectivity index (χ1v) is 10.2. The van der Waals surface area contributed by atoms with Gasteiger partial charge in [-0.1, -0.05) is 16.7 Å². The van der Waals surface area contributed by atoms with E-state index in [2.05, 4.69) is 25.4 Å². The third-order valence-corrected chi connectivity index (χ3v) is 5.37. The zero-order valence-electron chi connectivity index (χ0n) is 14.9. The normalized spacial score (nSPS) is 20.5. The first-order chi connectivity index (χ1) is 13.4. The number of rotatable bonds is 4. The minimum absolute atomic E-state index is 0.0333. The number of nitrogens with zero attached hydrogens (tertiary/aromatic N) is 5. The number of fused-ring (bicyclic) bond motifs is 1. The number of aliphatic imine (C=N–C) groups is 2. The second kappa shape index (κ2) is 6.75. The standard InChI is InChI=1S/C18H17N6O3S/c1-28(26,27)16-8-15(9-20-10-16)24-7-6-19-11-17(24)22-18(23-24)21-14-4-2-13(12-25)3-5-14/h2-11,25H,12H2,1H3,(H,21,23)/q+1. The summed E-state index contributed by atoms with van der Waals surface area (Å²) in [5.74, 6) is 0.846. The van der Waals surface area contributed by atoms with Gasteiger partial charge in [0.15, 0.2) is 21.7 Å². The minimum atomic E-state index is -3.42. The van der Waals surface area contributed by atoms with Crippen LogP contribution in [0.2, 0.25) is 0 Å². The fourth-order valence-electron chi connectivity index (χ4n) is 2.83. The number of benzene rings is 1. The van der Waals surface area contributed by atoms with E-state index in [1.807, 2.05) is 12.1 Å². The average molecular weight is 397 g/mol. The van der Waals surface area contributed by atoms with Gasteiger partial charge in [-0.3, -0.25) is 9.98 Å². The summed E-state index contributed by atoms with van der Waals surface area (Å²) < 4.78 is 23.7. The van der Waals surface area contributed by atoms with E-state index >= 15 is 0 Å². The molecule has 0 spiro atoms. The molecular formula is C18H17N6O3S+. The number of aliphatic hydroxyl groups is 1. The van der Waals surface area contributed by atoms with Gasteiger partial charge < -0.3 is 10.4 Å². The predicted molar refractivity (Wildman–Crippen MR) is 108 cm³/mol. The molecule has 142 valence electrons. The molecule has 0 saturated heterocycles. The molecule has 1 atom stereocenters. The summed E-state index contributed by atoms with van der Waals surface area (Å²) in [6.07, 6.45) is 8.83.